The minimum Gasteiger partial charge on any atom is -0.508 e. The molecule has 0 fully saturated rings. The molecule has 134 valence electrons. The van der Waals surface area contributed by atoms with E-state index in [2.05, 4.69) is 42.5 Å². The maximum absolute atomic E-state index is 10.2. The van der Waals surface area contributed by atoms with Gasteiger partial charge in [0, 0.05) is 0 Å². The van der Waals surface area contributed by atoms with E-state index in [1.807, 2.05) is 12.1 Å². The fourth-order valence-corrected chi connectivity index (χ4v) is 2.86. The zero-order valence-electron chi connectivity index (χ0n) is 14.7. The Morgan fingerprint density at radius 3 is 2.00 bits per heavy atom. The molecule has 0 amide bonds. The molecule has 0 unspecified atom stereocenters. The molecular weight excluding hydrogens is 336 g/mol. The van der Waals surface area contributed by atoms with E-state index >= 15 is 0 Å². The largest absolute Gasteiger partial charge is 0.508 e. The van der Waals surface area contributed by atoms with E-state index in [0.29, 0.717) is 11.3 Å². The van der Waals surface area contributed by atoms with Crippen molar-refractivity contribution >= 4 is 16.7 Å². The number of hydrogen-bond donors (Lipinski definition) is 2. The molecule has 4 rings (SSSR count). The topological polar surface area (TPSA) is 57.5 Å². The lowest BCUT2D eigenvalue weighted by molar-refractivity contribution is 0.0697. The second-order valence-corrected chi connectivity index (χ2v) is 6.15. The number of rotatable bonds is 3. The molecule has 2 N–H and O–H groups in total. The minimum atomic E-state index is -0.879. The van der Waals surface area contributed by atoms with Crippen LogP contribution in [0, 0.1) is 0 Å². The van der Waals surface area contributed by atoms with Crippen molar-refractivity contribution < 1.29 is 15.0 Å². The summed E-state index contributed by atoms with van der Waals surface area (Å²) in [4.78, 5) is 10.2. The summed E-state index contributed by atoms with van der Waals surface area (Å²) in [6.45, 7) is 0. The fourth-order valence-electron chi connectivity index (χ4n) is 2.86. The van der Waals surface area contributed by atoms with E-state index in [-0.39, 0.29) is 0 Å². The van der Waals surface area contributed by atoms with Crippen LogP contribution >= 0.6 is 0 Å². The molecular formula is C24H20O3. The zero-order valence-corrected chi connectivity index (χ0v) is 14.7. The lowest BCUT2D eigenvalue weighted by Gasteiger charge is -2.06. The zero-order chi connectivity index (χ0) is 19.1. The molecule has 4 aromatic rings. The predicted molar refractivity (Wildman–Crippen MR) is 108 cm³/mol. The van der Waals surface area contributed by atoms with Gasteiger partial charge in [-0.25, -0.2) is 4.79 Å². The van der Waals surface area contributed by atoms with Crippen molar-refractivity contribution in [3.8, 4) is 5.75 Å². The van der Waals surface area contributed by atoms with Gasteiger partial charge in [0.25, 0.3) is 0 Å². The Labute approximate surface area is 158 Å². The van der Waals surface area contributed by atoms with Crippen LogP contribution < -0.4 is 0 Å². The molecule has 3 nitrogen and oxygen atoms in total. The molecule has 4 aromatic carbocycles. The molecule has 0 spiro atoms. The predicted octanol–water partition coefficient (Wildman–Crippen LogP) is 5.52. The molecule has 3 heteroatoms. The molecule has 0 aliphatic carbocycles. The number of benzene rings is 4. The highest BCUT2D eigenvalue weighted by molar-refractivity contribution is 5.87. The van der Waals surface area contributed by atoms with E-state index in [0.717, 1.165) is 6.42 Å². The van der Waals surface area contributed by atoms with Crippen LogP contribution in [0.2, 0.25) is 0 Å². The standard InChI is InChI=1S/C17H14O.C7H6O2/c18-16-10-8-13(9-11-16)12-15-6-3-5-14-4-1-2-7-17(14)15;8-7(9)6-4-2-1-3-5-6/h1-11,18H,12H2;1-5H,(H,8,9). The van der Waals surface area contributed by atoms with Crippen molar-refractivity contribution in [2.45, 2.75) is 6.42 Å². The monoisotopic (exact) mass is 356 g/mol. The van der Waals surface area contributed by atoms with E-state index in [4.69, 9.17) is 5.11 Å². The molecule has 27 heavy (non-hydrogen) atoms. The number of fused-ring (bicyclic) bond motifs is 1. The Balaban J connectivity index is 0.000000197. The van der Waals surface area contributed by atoms with Crippen LogP contribution in [0.5, 0.6) is 5.75 Å². The van der Waals surface area contributed by atoms with Gasteiger partial charge in [0.1, 0.15) is 5.75 Å². The fraction of sp³-hybridized carbons (Fsp3) is 0.0417. The summed E-state index contributed by atoms with van der Waals surface area (Å²) >= 11 is 0. The smallest absolute Gasteiger partial charge is 0.335 e. The summed E-state index contributed by atoms with van der Waals surface area (Å²) in [5.41, 5.74) is 2.86. The summed E-state index contributed by atoms with van der Waals surface area (Å²) in [7, 11) is 0. The summed E-state index contributed by atoms with van der Waals surface area (Å²) < 4.78 is 0. The first-order valence-electron chi connectivity index (χ1n) is 8.66. The van der Waals surface area contributed by atoms with Gasteiger partial charge in [-0.3, -0.25) is 0 Å². The summed E-state index contributed by atoms with van der Waals surface area (Å²) in [6, 6.07) is 30.5. The van der Waals surface area contributed by atoms with Crippen LogP contribution in [-0.4, -0.2) is 16.2 Å². The molecule has 0 heterocycles. The number of phenols is 1. The lowest BCUT2D eigenvalue weighted by atomic mass is 9.98. The van der Waals surface area contributed by atoms with Gasteiger partial charge in [-0.1, -0.05) is 72.8 Å². The summed E-state index contributed by atoms with van der Waals surface area (Å²) in [6.07, 6.45) is 0.891. The van der Waals surface area contributed by atoms with Crippen molar-refractivity contribution in [3.05, 3.63) is 114 Å². The van der Waals surface area contributed by atoms with Crippen LogP contribution in [0.15, 0.2) is 97.1 Å². The van der Waals surface area contributed by atoms with Crippen molar-refractivity contribution in [1.82, 2.24) is 0 Å². The van der Waals surface area contributed by atoms with Crippen LogP contribution in [0.1, 0.15) is 21.5 Å². The lowest BCUT2D eigenvalue weighted by Crippen LogP contribution is -1.93. The third-order valence-electron chi connectivity index (χ3n) is 4.23. The molecule has 0 saturated heterocycles. The van der Waals surface area contributed by atoms with Crippen LogP contribution in [0.3, 0.4) is 0 Å². The first-order chi connectivity index (χ1) is 13.1. The molecule has 0 saturated carbocycles. The Bertz CT molecular complexity index is 1020. The van der Waals surface area contributed by atoms with E-state index in [1.165, 1.54) is 21.9 Å². The first kappa shape index (κ1) is 18.2. The first-order valence-corrected chi connectivity index (χ1v) is 8.66. The van der Waals surface area contributed by atoms with Gasteiger partial charge in [-0.05, 0) is 52.6 Å². The average Bonchev–Trinajstić information content (AvgIpc) is 2.71. The van der Waals surface area contributed by atoms with Gasteiger partial charge in [0.05, 0.1) is 5.56 Å². The molecule has 0 aliphatic heterocycles. The molecule has 0 aromatic heterocycles. The van der Waals surface area contributed by atoms with E-state index < -0.39 is 5.97 Å². The average molecular weight is 356 g/mol. The highest BCUT2D eigenvalue weighted by atomic mass is 16.4. The second-order valence-electron chi connectivity index (χ2n) is 6.15. The maximum Gasteiger partial charge on any atom is 0.335 e. The van der Waals surface area contributed by atoms with Crippen molar-refractivity contribution in [3.63, 3.8) is 0 Å². The van der Waals surface area contributed by atoms with Crippen molar-refractivity contribution in [2.24, 2.45) is 0 Å². The number of aromatic hydroxyl groups is 1. The van der Waals surface area contributed by atoms with Gasteiger partial charge in [-0.2, -0.15) is 0 Å². The molecule has 0 bridgehead atoms. The van der Waals surface area contributed by atoms with Gasteiger partial charge >= 0.3 is 5.97 Å². The molecule has 0 atom stereocenters. The third kappa shape index (κ3) is 4.95. The number of carbonyl (C=O) groups is 1. The number of aromatic carboxylic acids is 1. The number of carboxylic acid groups (broad SMARTS) is 1. The Morgan fingerprint density at radius 2 is 1.33 bits per heavy atom. The van der Waals surface area contributed by atoms with Gasteiger partial charge in [-0.15, -0.1) is 0 Å². The Hall–Kier alpha value is -3.59. The molecule has 0 aliphatic rings. The number of phenolic OH excluding ortho intramolecular Hbond substituents is 1. The number of carboxylic acids is 1. The van der Waals surface area contributed by atoms with Crippen molar-refractivity contribution in [2.75, 3.05) is 0 Å². The Morgan fingerprint density at radius 1 is 0.704 bits per heavy atom. The third-order valence-corrected chi connectivity index (χ3v) is 4.23. The van der Waals surface area contributed by atoms with E-state index in [1.54, 1.807) is 42.5 Å². The second kappa shape index (κ2) is 8.68. The van der Waals surface area contributed by atoms with Crippen LogP contribution in [-0.2, 0) is 6.42 Å². The number of hydrogen-bond acceptors (Lipinski definition) is 2. The Kier molecular flexibility index (Phi) is 5.85. The molecule has 0 radical (unpaired) electrons. The van der Waals surface area contributed by atoms with Crippen LogP contribution in [0.4, 0.5) is 0 Å². The quantitative estimate of drug-likeness (QED) is 0.508. The van der Waals surface area contributed by atoms with Crippen LogP contribution in [0.25, 0.3) is 10.8 Å². The summed E-state index contributed by atoms with van der Waals surface area (Å²) in [5.74, 6) is -0.563. The van der Waals surface area contributed by atoms with Gasteiger partial charge in [0.2, 0.25) is 0 Å². The van der Waals surface area contributed by atoms with Gasteiger partial charge < -0.3 is 10.2 Å². The SMILES string of the molecule is O=C(O)c1ccccc1.Oc1ccc(Cc2cccc3ccccc23)cc1. The normalized spacial score (nSPS) is 10.1. The van der Waals surface area contributed by atoms with E-state index in [9.17, 15) is 9.90 Å². The highest BCUT2D eigenvalue weighted by Crippen LogP contribution is 2.22. The maximum atomic E-state index is 10.2. The minimum absolute atomic E-state index is 0.316. The van der Waals surface area contributed by atoms with Gasteiger partial charge in [0.15, 0.2) is 0 Å². The van der Waals surface area contributed by atoms with Crippen molar-refractivity contribution in [1.29, 1.82) is 0 Å². The highest BCUT2D eigenvalue weighted by Gasteiger charge is 2.01. The summed E-state index contributed by atoms with van der Waals surface area (Å²) in [5, 5.41) is 20.3.